The Morgan fingerprint density at radius 3 is 2.60 bits per heavy atom. The fourth-order valence-corrected chi connectivity index (χ4v) is 2.30. The van der Waals surface area contributed by atoms with E-state index in [0.717, 1.165) is 36.8 Å². The van der Waals surface area contributed by atoms with E-state index in [1.165, 1.54) is 12.3 Å². The number of alkyl halides is 3. The van der Waals surface area contributed by atoms with Crippen molar-refractivity contribution in [2.24, 2.45) is 0 Å². The van der Waals surface area contributed by atoms with Crippen LogP contribution in [0.5, 0.6) is 0 Å². The fraction of sp³-hybridized carbons (Fsp3) is 0.412. The Bertz CT molecular complexity index is 658. The third kappa shape index (κ3) is 5.90. The third-order valence-electron chi connectivity index (χ3n) is 3.78. The predicted octanol–water partition coefficient (Wildman–Crippen LogP) is 3.27. The van der Waals surface area contributed by atoms with Gasteiger partial charge in [0.25, 0.3) is 0 Å². The highest BCUT2D eigenvalue weighted by atomic mass is 19.4. The van der Waals surface area contributed by atoms with Crippen LogP contribution in [0.15, 0.2) is 36.7 Å². The summed E-state index contributed by atoms with van der Waals surface area (Å²) in [5.74, 6) is 0.551. The van der Waals surface area contributed by atoms with Crippen molar-refractivity contribution >= 4 is 11.5 Å². The van der Waals surface area contributed by atoms with Gasteiger partial charge in [0.15, 0.2) is 0 Å². The standard InChI is InChI=1S/C17H22F3N5/c1-12(13-5-6-15(25-11-13)17(18,19)20)10-22-7-3-9-23-14-4-2-8-24-16(14)21/h2,4-6,8,11-12,22-23H,3,7,9-10H2,1H3,(H2,21,24). The van der Waals surface area contributed by atoms with Gasteiger partial charge in [-0.15, -0.1) is 0 Å². The predicted molar refractivity (Wildman–Crippen MR) is 92.3 cm³/mol. The third-order valence-corrected chi connectivity index (χ3v) is 3.78. The van der Waals surface area contributed by atoms with Gasteiger partial charge in [-0.2, -0.15) is 13.2 Å². The molecule has 2 aromatic heterocycles. The molecule has 0 saturated heterocycles. The average Bonchev–Trinajstić information content (AvgIpc) is 2.58. The topological polar surface area (TPSA) is 75.9 Å². The average molecular weight is 353 g/mol. The molecule has 1 unspecified atom stereocenters. The Kier molecular flexibility index (Phi) is 6.58. The number of nitrogen functional groups attached to an aromatic ring is 1. The van der Waals surface area contributed by atoms with Crippen molar-refractivity contribution in [3.05, 3.63) is 47.9 Å². The maximum Gasteiger partial charge on any atom is 0.433 e. The number of aromatic nitrogens is 2. The first-order valence-electron chi connectivity index (χ1n) is 8.06. The maximum atomic E-state index is 12.5. The summed E-state index contributed by atoms with van der Waals surface area (Å²) in [7, 11) is 0. The van der Waals surface area contributed by atoms with Crippen molar-refractivity contribution in [3.8, 4) is 0 Å². The number of anilines is 2. The monoisotopic (exact) mass is 353 g/mol. The number of hydrogen-bond donors (Lipinski definition) is 3. The van der Waals surface area contributed by atoms with Crippen LogP contribution in [-0.4, -0.2) is 29.6 Å². The molecule has 2 rings (SSSR count). The van der Waals surface area contributed by atoms with Crippen LogP contribution < -0.4 is 16.4 Å². The van der Waals surface area contributed by atoms with E-state index in [4.69, 9.17) is 5.73 Å². The second-order valence-electron chi connectivity index (χ2n) is 5.80. The van der Waals surface area contributed by atoms with Crippen LogP contribution in [0.3, 0.4) is 0 Å². The van der Waals surface area contributed by atoms with E-state index in [2.05, 4.69) is 20.6 Å². The summed E-state index contributed by atoms with van der Waals surface area (Å²) < 4.78 is 37.5. The minimum absolute atomic E-state index is 0.0803. The number of hydrogen-bond acceptors (Lipinski definition) is 5. The Morgan fingerprint density at radius 2 is 1.96 bits per heavy atom. The van der Waals surface area contributed by atoms with E-state index in [9.17, 15) is 13.2 Å². The molecule has 0 spiro atoms. The molecule has 0 aromatic carbocycles. The number of halogens is 3. The van der Waals surface area contributed by atoms with Gasteiger partial charge in [-0.1, -0.05) is 13.0 Å². The molecule has 136 valence electrons. The summed E-state index contributed by atoms with van der Waals surface area (Å²) in [4.78, 5) is 7.49. The van der Waals surface area contributed by atoms with Gasteiger partial charge in [0.2, 0.25) is 0 Å². The molecular weight excluding hydrogens is 331 g/mol. The van der Waals surface area contributed by atoms with Gasteiger partial charge < -0.3 is 16.4 Å². The number of nitrogens with one attached hydrogen (secondary N) is 2. The van der Waals surface area contributed by atoms with Crippen LogP contribution in [0.25, 0.3) is 0 Å². The maximum absolute atomic E-state index is 12.5. The highest BCUT2D eigenvalue weighted by Gasteiger charge is 2.32. The number of nitrogens with zero attached hydrogens (tertiary/aromatic N) is 2. The zero-order valence-corrected chi connectivity index (χ0v) is 14.0. The zero-order valence-electron chi connectivity index (χ0n) is 14.0. The van der Waals surface area contributed by atoms with Crippen LogP contribution >= 0.6 is 0 Å². The zero-order chi connectivity index (χ0) is 18.3. The second kappa shape index (κ2) is 8.66. The molecule has 0 aliphatic carbocycles. The quantitative estimate of drug-likeness (QED) is 0.635. The van der Waals surface area contributed by atoms with Gasteiger partial charge in [0.1, 0.15) is 11.5 Å². The minimum atomic E-state index is -4.40. The summed E-state index contributed by atoms with van der Waals surface area (Å²) >= 11 is 0. The van der Waals surface area contributed by atoms with Gasteiger partial charge in [-0.25, -0.2) is 4.98 Å². The summed E-state index contributed by atoms with van der Waals surface area (Å²) in [6.45, 7) is 4.15. The van der Waals surface area contributed by atoms with Crippen molar-refractivity contribution < 1.29 is 13.2 Å². The van der Waals surface area contributed by atoms with Gasteiger partial charge in [-0.05, 0) is 42.6 Å². The molecule has 8 heteroatoms. The van der Waals surface area contributed by atoms with Crippen LogP contribution in [0, 0.1) is 0 Å². The lowest BCUT2D eigenvalue weighted by atomic mass is 10.0. The van der Waals surface area contributed by atoms with E-state index >= 15 is 0 Å². The molecule has 0 aliphatic rings. The first-order valence-corrected chi connectivity index (χ1v) is 8.06. The number of pyridine rings is 2. The molecule has 2 heterocycles. The molecule has 0 saturated carbocycles. The van der Waals surface area contributed by atoms with E-state index < -0.39 is 11.9 Å². The molecule has 0 radical (unpaired) electrons. The molecule has 5 nitrogen and oxygen atoms in total. The highest BCUT2D eigenvalue weighted by Crippen LogP contribution is 2.28. The van der Waals surface area contributed by atoms with E-state index in [1.54, 1.807) is 6.20 Å². The number of nitrogens with two attached hydrogens (primary N) is 1. The molecule has 0 amide bonds. The van der Waals surface area contributed by atoms with Crippen molar-refractivity contribution in [1.29, 1.82) is 0 Å². The highest BCUT2D eigenvalue weighted by molar-refractivity contribution is 5.60. The van der Waals surface area contributed by atoms with E-state index in [0.29, 0.717) is 12.4 Å². The van der Waals surface area contributed by atoms with Crippen molar-refractivity contribution in [3.63, 3.8) is 0 Å². The Labute approximate surface area is 144 Å². The van der Waals surface area contributed by atoms with Crippen LogP contribution in [0.4, 0.5) is 24.7 Å². The smallest absolute Gasteiger partial charge is 0.382 e. The molecule has 4 N–H and O–H groups in total. The van der Waals surface area contributed by atoms with Crippen LogP contribution in [0.2, 0.25) is 0 Å². The lowest BCUT2D eigenvalue weighted by Gasteiger charge is -2.14. The summed E-state index contributed by atoms with van der Waals surface area (Å²) in [5, 5.41) is 6.50. The van der Waals surface area contributed by atoms with Gasteiger partial charge in [0, 0.05) is 25.5 Å². The van der Waals surface area contributed by atoms with Crippen molar-refractivity contribution in [2.75, 3.05) is 30.7 Å². The molecule has 2 aromatic rings. The second-order valence-corrected chi connectivity index (χ2v) is 5.80. The van der Waals surface area contributed by atoms with Gasteiger partial charge in [0.05, 0.1) is 5.69 Å². The number of rotatable bonds is 8. The van der Waals surface area contributed by atoms with Crippen molar-refractivity contribution in [1.82, 2.24) is 15.3 Å². The van der Waals surface area contributed by atoms with Gasteiger partial charge in [-0.3, -0.25) is 4.98 Å². The lowest BCUT2D eigenvalue weighted by Crippen LogP contribution is -2.23. The van der Waals surface area contributed by atoms with Crippen LogP contribution in [0.1, 0.15) is 30.5 Å². The van der Waals surface area contributed by atoms with Crippen LogP contribution in [-0.2, 0) is 6.18 Å². The first kappa shape index (κ1) is 19.0. The summed E-state index contributed by atoms with van der Waals surface area (Å²) in [6, 6.07) is 6.19. The summed E-state index contributed by atoms with van der Waals surface area (Å²) in [5.41, 5.74) is 6.46. The van der Waals surface area contributed by atoms with Gasteiger partial charge >= 0.3 is 6.18 Å². The Hall–Kier alpha value is -2.35. The molecule has 25 heavy (non-hydrogen) atoms. The molecule has 1 atom stereocenters. The lowest BCUT2D eigenvalue weighted by molar-refractivity contribution is -0.141. The van der Waals surface area contributed by atoms with E-state index in [-0.39, 0.29) is 5.92 Å². The van der Waals surface area contributed by atoms with Crippen molar-refractivity contribution in [2.45, 2.75) is 25.4 Å². The first-order chi connectivity index (χ1) is 11.9. The molecule has 0 bridgehead atoms. The Balaban J connectivity index is 1.67. The van der Waals surface area contributed by atoms with E-state index in [1.807, 2.05) is 19.1 Å². The molecule has 0 aliphatic heterocycles. The Morgan fingerprint density at radius 1 is 1.16 bits per heavy atom. The minimum Gasteiger partial charge on any atom is -0.382 e. The largest absolute Gasteiger partial charge is 0.433 e. The summed E-state index contributed by atoms with van der Waals surface area (Å²) in [6.07, 6.45) is -0.585. The SMILES string of the molecule is CC(CNCCCNc1cccnc1N)c1ccc(C(F)(F)F)nc1. The fourth-order valence-electron chi connectivity index (χ4n) is 2.30. The molecular formula is C17H22F3N5. The molecule has 0 fully saturated rings. The normalized spacial score (nSPS) is 12.8.